The van der Waals surface area contributed by atoms with Gasteiger partial charge in [-0.05, 0) is 95.6 Å². The van der Waals surface area contributed by atoms with Crippen molar-refractivity contribution in [2.75, 3.05) is 0 Å². The largest absolute Gasteiger partial charge is 0.468 e. The first kappa shape index (κ1) is 25.2. The highest BCUT2D eigenvalue weighted by Gasteiger charge is 2.33. The summed E-state index contributed by atoms with van der Waals surface area (Å²) in [5.41, 5.74) is 4.61. The van der Waals surface area contributed by atoms with Gasteiger partial charge in [0.05, 0.1) is 18.8 Å². The molecular formula is C30H33N7O2. The van der Waals surface area contributed by atoms with E-state index in [-0.39, 0.29) is 11.6 Å². The van der Waals surface area contributed by atoms with Crippen molar-refractivity contribution in [1.82, 2.24) is 35.1 Å². The number of aryl methyl sites for hydroxylation is 2. The number of hydrogen-bond donors (Lipinski definition) is 1. The van der Waals surface area contributed by atoms with Gasteiger partial charge in [-0.2, -0.15) is 0 Å². The molecule has 200 valence electrons. The molecule has 1 N–H and O–H groups in total. The Bertz CT molecular complexity index is 1600. The van der Waals surface area contributed by atoms with E-state index < -0.39 is 6.04 Å². The summed E-state index contributed by atoms with van der Waals surface area (Å²) in [7, 11) is 0. The molecule has 9 nitrogen and oxygen atoms in total. The fraction of sp³-hybridized carbons (Fsp3) is 0.367. The second-order valence-electron chi connectivity index (χ2n) is 10.6. The SMILES string of the molecule is Cc1cc2cc([C@@H](c3nnnn3C3CCCCC3)N(Cc3cccnc3)Cc3ccco3)c(=O)[nH]c2cc1C. The Morgan fingerprint density at radius 1 is 1.08 bits per heavy atom. The van der Waals surface area contributed by atoms with Gasteiger partial charge in [0, 0.05) is 30.0 Å². The van der Waals surface area contributed by atoms with Gasteiger partial charge in [0.15, 0.2) is 5.82 Å². The number of fused-ring (bicyclic) bond motifs is 1. The third-order valence-corrected chi connectivity index (χ3v) is 7.88. The molecule has 6 rings (SSSR count). The van der Waals surface area contributed by atoms with Crippen LogP contribution in [-0.2, 0) is 13.1 Å². The fourth-order valence-corrected chi connectivity index (χ4v) is 5.73. The lowest BCUT2D eigenvalue weighted by Gasteiger charge is -2.32. The van der Waals surface area contributed by atoms with Crippen LogP contribution in [0.25, 0.3) is 10.9 Å². The molecule has 0 spiro atoms. The lowest BCUT2D eigenvalue weighted by Crippen LogP contribution is -2.35. The number of benzene rings is 1. The minimum Gasteiger partial charge on any atom is -0.468 e. The highest BCUT2D eigenvalue weighted by Crippen LogP contribution is 2.34. The minimum atomic E-state index is -0.512. The lowest BCUT2D eigenvalue weighted by molar-refractivity contribution is 0.173. The van der Waals surface area contributed by atoms with E-state index in [4.69, 9.17) is 4.42 Å². The molecule has 4 heterocycles. The summed E-state index contributed by atoms with van der Waals surface area (Å²) < 4.78 is 7.74. The van der Waals surface area contributed by atoms with Crippen LogP contribution in [0.4, 0.5) is 0 Å². The standard InChI is InChI=1S/C30H33N7O2/c1-20-14-23-16-26(30(38)32-27(23)15-21(20)2)28(29-33-34-35-37(29)24-9-4-3-5-10-24)36(19-25-11-7-13-39-25)18-22-8-6-12-31-17-22/h6-8,11-17,24,28H,3-5,9-10,18-19H2,1-2H3,(H,32,38)/t28-/m0/s1. The van der Waals surface area contributed by atoms with Gasteiger partial charge in [-0.1, -0.05) is 25.3 Å². The van der Waals surface area contributed by atoms with Gasteiger partial charge in [-0.25, -0.2) is 4.68 Å². The predicted molar refractivity (Wildman–Crippen MR) is 148 cm³/mol. The average molecular weight is 524 g/mol. The first-order valence-electron chi connectivity index (χ1n) is 13.6. The van der Waals surface area contributed by atoms with Crippen molar-refractivity contribution in [2.45, 2.75) is 71.1 Å². The summed E-state index contributed by atoms with van der Waals surface area (Å²) in [5, 5.41) is 14.2. The summed E-state index contributed by atoms with van der Waals surface area (Å²) in [5.74, 6) is 1.47. The van der Waals surface area contributed by atoms with E-state index >= 15 is 0 Å². The van der Waals surface area contributed by atoms with E-state index in [1.807, 2.05) is 47.3 Å². The smallest absolute Gasteiger partial charge is 0.253 e. The molecule has 0 saturated heterocycles. The Kier molecular flexibility index (Phi) is 7.06. The van der Waals surface area contributed by atoms with E-state index in [1.54, 1.807) is 12.5 Å². The number of aromatic nitrogens is 6. The molecule has 0 aliphatic heterocycles. The van der Waals surface area contributed by atoms with E-state index in [0.29, 0.717) is 24.5 Å². The molecule has 9 heteroatoms. The van der Waals surface area contributed by atoms with Crippen LogP contribution in [0.1, 0.15) is 78.0 Å². The number of furan rings is 1. The number of rotatable bonds is 8. The van der Waals surface area contributed by atoms with Gasteiger partial charge in [0.25, 0.3) is 5.56 Å². The normalized spacial score (nSPS) is 15.3. The molecule has 1 saturated carbocycles. The zero-order valence-corrected chi connectivity index (χ0v) is 22.4. The van der Waals surface area contributed by atoms with Crippen LogP contribution in [0.15, 0.2) is 70.3 Å². The van der Waals surface area contributed by atoms with Crippen molar-refractivity contribution < 1.29 is 4.42 Å². The highest BCUT2D eigenvalue weighted by molar-refractivity contribution is 5.81. The molecule has 1 aliphatic carbocycles. The molecule has 0 amide bonds. The number of tetrazole rings is 1. The maximum absolute atomic E-state index is 13.8. The second kappa shape index (κ2) is 10.9. The topological polar surface area (TPSA) is 106 Å². The maximum atomic E-state index is 13.8. The Balaban J connectivity index is 1.53. The van der Waals surface area contributed by atoms with Gasteiger partial charge in [0.2, 0.25) is 0 Å². The highest BCUT2D eigenvalue weighted by atomic mass is 16.3. The minimum absolute atomic E-state index is 0.149. The lowest BCUT2D eigenvalue weighted by atomic mass is 9.95. The van der Waals surface area contributed by atoms with Crippen LogP contribution in [0.5, 0.6) is 0 Å². The maximum Gasteiger partial charge on any atom is 0.253 e. The summed E-state index contributed by atoms with van der Waals surface area (Å²) >= 11 is 0. The van der Waals surface area contributed by atoms with Crippen LogP contribution >= 0.6 is 0 Å². The third kappa shape index (κ3) is 5.27. The van der Waals surface area contributed by atoms with Crippen LogP contribution < -0.4 is 5.56 Å². The Hall–Kier alpha value is -4.11. The van der Waals surface area contributed by atoms with Crippen molar-refractivity contribution in [1.29, 1.82) is 0 Å². The van der Waals surface area contributed by atoms with E-state index in [2.05, 4.69) is 50.3 Å². The zero-order valence-electron chi connectivity index (χ0n) is 22.4. The molecule has 1 fully saturated rings. The van der Waals surface area contributed by atoms with E-state index in [1.165, 1.54) is 12.0 Å². The summed E-state index contributed by atoms with van der Waals surface area (Å²) in [6, 6.07) is 13.7. The first-order chi connectivity index (χ1) is 19.1. The fourth-order valence-electron chi connectivity index (χ4n) is 5.73. The number of nitrogens with zero attached hydrogens (tertiary/aromatic N) is 6. The van der Waals surface area contributed by atoms with Gasteiger partial charge >= 0.3 is 0 Å². The van der Waals surface area contributed by atoms with Crippen molar-refractivity contribution >= 4 is 10.9 Å². The number of hydrogen-bond acceptors (Lipinski definition) is 7. The summed E-state index contributed by atoms with van der Waals surface area (Å²) in [4.78, 5) is 23.5. The van der Waals surface area contributed by atoms with Gasteiger partial charge in [-0.15, -0.1) is 5.10 Å². The van der Waals surface area contributed by atoms with Crippen molar-refractivity contribution in [3.05, 3.63) is 105 Å². The summed E-state index contributed by atoms with van der Waals surface area (Å²) in [6.45, 7) is 5.14. The molecule has 0 bridgehead atoms. The molecule has 1 aromatic carbocycles. The van der Waals surface area contributed by atoms with Crippen molar-refractivity contribution in [3.63, 3.8) is 0 Å². The van der Waals surface area contributed by atoms with Gasteiger partial charge in [0.1, 0.15) is 11.8 Å². The zero-order chi connectivity index (χ0) is 26.8. The van der Waals surface area contributed by atoms with E-state index in [0.717, 1.165) is 53.5 Å². The number of nitrogens with one attached hydrogen (secondary N) is 1. The van der Waals surface area contributed by atoms with Gasteiger partial charge in [-0.3, -0.25) is 14.7 Å². The van der Waals surface area contributed by atoms with Crippen molar-refractivity contribution in [3.8, 4) is 0 Å². The molecule has 5 aromatic rings. The Morgan fingerprint density at radius 2 is 1.92 bits per heavy atom. The van der Waals surface area contributed by atoms with Crippen LogP contribution in [0.2, 0.25) is 0 Å². The second-order valence-corrected chi connectivity index (χ2v) is 10.6. The molecule has 0 unspecified atom stereocenters. The molecule has 1 aliphatic rings. The number of aromatic amines is 1. The van der Waals surface area contributed by atoms with Crippen LogP contribution in [0.3, 0.4) is 0 Å². The summed E-state index contributed by atoms with van der Waals surface area (Å²) in [6.07, 6.45) is 10.9. The third-order valence-electron chi connectivity index (χ3n) is 7.88. The average Bonchev–Trinajstić information content (AvgIpc) is 3.64. The number of pyridine rings is 2. The molecule has 1 atom stereocenters. The molecule has 39 heavy (non-hydrogen) atoms. The van der Waals surface area contributed by atoms with Crippen LogP contribution in [-0.4, -0.2) is 35.1 Å². The Morgan fingerprint density at radius 3 is 2.69 bits per heavy atom. The predicted octanol–water partition coefficient (Wildman–Crippen LogP) is 5.42. The molecule has 0 radical (unpaired) electrons. The van der Waals surface area contributed by atoms with Crippen LogP contribution in [0, 0.1) is 13.8 Å². The quantitative estimate of drug-likeness (QED) is 0.290. The van der Waals surface area contributed by atoms with Crippen molar-refractivity contribution in [2.24, 2.45) is 0 Å². The van der Waals surface area contributed by atoms with E-state index in [9.17, 15) is 4.79 Å². The monoisotopic (exact) mass is 523 g/mol. The first-order valence-corrected chi connectivity index (χ1v) is 13.6. The Labute approximate surface area is 226 Å². The number of H-pyrrole nitrogens is 1. The molecular weight excluding hydrogens is 490 g/mol. The molecule has 4 aromatic heterocycles. The van der Waals surface area contributed by atoms with Gasteiger partial charge < -0.3 is 9.40 Å².